The molecule has 0 saturated carbocycles. The second-order valence-corrected chi connectivity index (χ2v) is 7.23. The number of nitrogens with one attached hydrogen (secondary N) is 1. The van der Waals surface area contributed by atoms with E-state index in [1.807, 2.05) is 24.3 Å². The van der Waals surface area contributed by atoms with Gasteiger partial charge in [-0.05, 0) is 42.0 Å². The van der Waals surface area contributed by atoms with Gasteiger partial charge in [0.05, 0.1) is 41.8 Å². The molecule has 30 heavy (non-hydrogen) atoms. The summed E-state index contributed by atoms with van der Waals surface area (Å²) in [5.74, 6) is -0.268. The van der Waals surface area contributed by atoms with Crippen molar-refractivity contribution < 1.29 is 14.3 Å². The van der Waals surface area contributed by atoms with Crippen LogP contribution in [0.15, 0.2) is 47.3 Å². The molecule has 0 amide bonds. The third-order valence-corrected chi connectivity index (χ3v) is 5.20. The van der Waals surface area contributed by atoms with E-state index in [9.17, 15) is 9.59 Å². The van der Waals surface area contributed by atoms with E-state index in [0.717, 1.165) is 37.6 Å². The number of carbonyl (C=O) groups is 1. The van der Waals surface area contributed by atoms with Gasteiger partial charge in [0.25, 0.3) is 5.56 Å². The quantitative estimate of drug-likeness (QED) is 0.646. The molecule has 2 heterocycles. The maximum atomic E-state index is 12.4. The van der Waals surface area contributed by atoms with E-state index in [2.05, 4.69) is 14.9 Å². The van der Waals surface area contributed by atoms with Crippen LogP contribution in [-0.2, 0) is 9.47 Å². The van der Waals surface area contributed by atoms with Crippen molar-refractivity contribution in [1.82, 2.24) is 9.97 Å². The minimum absolute atomic E-state index is 0.230. The van der Waals surface area contributed by atoms with Gasteiger partial charge < -0.3 is 19.4 Å². The smallest absolute Gasteiger partial charge is 0.337 e. The molecule has 4 rings (SSSR count). The van der Waals surface area contributed by atoms with Crippen molar-refractivity contribution in [1.29, 1.82) is 0 Å². The molecular formula is C22H20ClN3O4. The number of anilines is 1. The molecule has 2 aromatic carbocycles. The Morgan fingerprint density at radius 3 is 2.63 bits per heavy atom. The van der Waals surface area contributed by atoms with Gasteiger partial charge in [0.15, 0.2) is 5.82 Å². The van der Waals surface area contributed by atoms with Gasteiger partial charge in [-0.25, -0.2) is 9.78 Å². The molecule has 154 valence electrons. The molecular weight excluding hydrogens is 406 g/mol. The zero-order chi connectivity index (χ0) is 21.1. The Labute approximate surface area is 177 Å². The lowest BCUT2D eigenvalue weighted by atomic mass is 10.1. The van der Waals surface area contributed by atoms with Gasteiger partial charge in [0.2, 0.25) is 0 Å². The van der Waals surface area contributed by atoms with Gasteiger partial charge in [-0.15, -0.1) is 0 Å². The van der Waals surface area contributed by atoms with E-state index >= 15 is 0 Å². The predicted octanol–water partition coefficient (Wildman–Crippen LogP) is 3.28. The van der Waals surface area contributed by atoms with Crippen LogP contribution in [0.1, 0.15) is 21.7 Å². The molecule has 7 nitrogen and oxygen atoms in total. The van der Waals surface area contributed by atoms with Crippen LogP contribution < -0.4 is 10.5 Å². The first kappa shape index (κ1) is 20.1. The topological polar surface area (TPSA) is 84.5 Å². The highest BCUT2D eigenvalue weighted by molar-refractivity contribution is 6.50. The highest BCUT2D eigenvalue weighted by Crippen LogP contribution is 2.23. The lowest BCUT2D eigenvalue weighted by Crippen LogP contribution is -2.36. The first-order valence-corrected chi connectivity index (χ1v) is 9.85. The largest absolute Gasteiger partial charge is 0.465 e. The van der Waals surface area contributed by atoms with Crippen molar-refractivity contribution in [3.63, 3.8) is 0 Å². The van der Waals surface area contributed by atoms with Crippen LogP contribution >= 0.6 is 11.6 Å². The fourth-order valence-electron chi connectivity index (χ4n) is 3.31. The molecule has 1 aromatic heterocycles. The normalized spacial score (nSPS) is 14.7. The number of nitrogens with zero attached hydrogens (tertiary/aromatic N) is 2. The van der Waals surface area contributed by atoms with Gasteiger partial charge in [-0.3, -0.25) is 4.79 Å². The number of ether oxygens (including phenoxy) is 2. The number of methoxy groups -OCH3 is 1. The van der Waals surface area contributed by atoms with Crippen LogP contribution in [0.5, 0.6) is 0 Å². The van der Waals surface area contributed by atoms with Crippen molar-refractivity contribution in [2.24, 2.45) is 0 Å². The van der Waals surface area contributed by atoms with Crippen molar-refractivity contribution in [3.8, 4) is 0 Å². The number of H-pyrrole nitrogens is 1. The SMILES string of the molecule is COC(=O)c1ccc2c(=O)[nH]c(C(Cl)=Cc3ccc(N4CCOCC4)cc3)nc2c1. The Bertz CT molecular complexity index is 1170. The summed E-state index contributed by atoms with van der Waals surface area (Å²) in [5, 5.41) is 0.655. The Kier molecular flexibility index (Phi) is 5.83. The van der Waals surface area contributed by atoms with Crippen LogP contribution in [0.4, 0.5) is 5.69 Å². The summed E-state index contributed by atoms with van der Waals surface area (Å²) >= 11 is 6.44. The number of benzene rings is 2. The summed E-state index contributed by atoms with van der Waals surface area (Å²) in [6.07, 6.45) is 1.74. The molecule has 0 spiro atoms. The summed E-state index contributed by atoms with van der Waals surface area (Å²) in [4.78, 5) is 33.5. The number of carbonyl (C=O) groups excluding carboxylic acids is 1. The van der Waals surface area contributed by atoms with Crippen molar-refractivity contribution >= 4 is 45.3 Å². The second kappa shape index (κ2) is 8.69. The summed E-state index contributed by atoms with van der Waals surface area (Å²) in [7, 11) is 1.30. The van der Waals surface area contributed by atoms with Gasteiger partial charge in [-0.2, -0.15) is 0 Å². The number of aromatic amines is 1. The standard InChI is InChI=1S/C22H20ClN3O4/c1-29-22(28)15-4-7-17-19(13-15)24-20(25-21(17)27)18(23)12-14-2-5-16(6-3-14)26-8-10-30-11-9-26/h2-7,12-13H,8-11H2,1H3,(H,24,25,27). The average molecular weight is 426 g/mol. The molecule has 0 aliphatic carbocycles. The van der Waals surface area contributed by atoms with Crippen LogP contribution in [0.25, 0.3) is 22.0 Å². The van der Waals surface area contributed by atoms with Crippen molar-refractivity contribution in [2.75, 3.05) is 38.3 Å². The van der Waals surface area contributed by atoms with Crippen molar-refractivity contribution in [3.05, 3.63) is 69.8 Å². The Morgan fingerprint density at radius 2 is 1.93 bits per heavy atom. The fourth-order valence-corrected chi connectivity index (χ4v) is 3.53. The number of fused-ring (bicyclic) bond motifs is 1. The number of morpholine rings is 1. The minimum atomic E-state index is -0.498. The highest BCUT2D eigenvalue weighted by Gasteiger charge is 2.12. The van der Waals surface area contributed by atoms with E-state index in [-0.39, 0.29) is 16.4 Å². The average Bonchev–Trinajstić information content (AvgIpc) is 2.79. The molecule has 1 N–H and O–H groups in total. The minimum Gasteiger partial charge on any atom is -0.465 e. The number of hydrogen-bond acceptors (Lipinski definition) is 6. The molecule has 0 unspecified atom stereocenters. The van der Waals surface area contributed by atoms with Crippen LogP contribution in [0, 0.1) is 0 Å². The Balaban J connectivity index is 1.63. The summed E-state index contributed by atoms with van der Waals surface area (Å²) < 4.78 is 10.1. The lowest BCUT2D eigenvalue weighted by Gasteiger charge is -2.28. The summed E-state index contributed by atoms with van der Waals surface area (Å²) in [5.41, 5.74) is 2.35. The zero-order valence-electron chi connectivity index (χ0n) is 16.4. The second-order valence-electron chi connectivity index (χ2n) is 6.82. The molecule has 1 aliphatic rings. The number of halogens is 1. The third kappa shape index (κ3) is 4.22. The zero-order valence-corrected chi connectivity index (χ0v) is 17.1. The molecule has 1 aliphatic heterocycles. The lowest BCUT2D eigenvalue weighted by molar-refractivity contribution is 0.0601. The number of rotatable bonds is 4. The third-order valence-electron chi connectivity index (χ3n) is 4.92. The molecule has 1 fully saturated rings. The van der Waals surface area contributed by atoms with E-state index in [4.69, 9.17) is 21.1 Å². The van der Waals surface area contributed by atoms with Crippen molar-refractivity contribution in [2.45, 2.75) is 0 Å². The molecule has 0 bridgehead atoms. The molecule has 3 aromatic rings. The fraction of sp³-hybridized carbons (Fsp3) is 0.227. The summed E-state index contributed by atoms with van der Waals surface area (Å²) in [6.45, 7) is 3.19. The van der Waals surface area contributed by atoms with Crippen LogP contribution in [-0.4, -0.2) is 49.4 Å². The Hall–Kier alpha value is -3.16. The highest BCUT2D eigenvalue weighted by atomic mass is 35.5. The number of aromatic nitrogens is 2. The molecule has 0 atom stereocenters. The van der Waals surface area contributed by atoms with E-state index in [0.29, 0.717) is 16.5 Å². The van der Waals surface area contributed by atoms with E-state index < -0.39 is 5.97 Å². The Morgan fingerprint density at radius 1 is 1.20 bits per heavy atom. The van der Waals surface area contributed by atoms with Crippen LogP contribution in [0.2, 0.25) is 0 Å². The number of esters is 1. The molecule has 0 radical (unpaired) electrons. The van der Waals surface area contributed by atoms with Gasteiger partial charge >= 0.3 is 5.97 Å². The van der Waals surface area contributed by atoms with E-state index in [1.54, 1.807) is 12.1 Å². The number of hydrogen-bond donors (Lipinski definition) is 1. The predicted molar refractivity (Wildman–Crippen MR) is 117 cm³/mol. The maximum absolute atomic E-state index is 12.4. The molecule has 1 saturated heterocycles. The van der Waals surface area contributed by atoms with Gasteiger partial charge in [0.1, 0.15) is 0 Å². The first-order chi connectivity index (χ1) is 14.5. The monoisotopic (exact) mass is 425 g/mol. The van der Waals surface area contributed by atoms with Gasteiger partial charge in [0, 0.05) is 18.8 Å². The van der Waals surface area contributed by atoms with Crippen LogP contribution in [0.3, 0.4) is 0 Å². The van der Waals surface area contributed by atoms with Gasteiger partial charge in [-0.1, -0.05) is 23.7 Å². The van der Waals surface area contributed by atoms with E-state index in [1.165, 1.54) is 19.2 Å². The summed E-state index contributed by atoms with van der Waals surface area (Å²) in [6, 6.07) is 12.6. The maximum Gasteiger partial charge on any atom is 0.337 e. The first-order valence-electron chi connectivity index (χ1n) is 9.48. The molecule has 8 heteroatoms.